The molecule has 0 atom stereocenters. The number of carbonyl (C=O) groups is 2. The predicted molar refractivity (Wildman–Crippen MR) is 131 cm³/mol. The first kappa shape index (κ1) is 25.7. The number of amides is 2. The summed E-state index contributed by atoms with van der Waals surface area (Å²) in [6, 6.07) is 4.95. The van der Waals surface area contributed by atoms with E-state index in [0.29, 0.717) is 37.7 Å². The lowest BCUT2D eigenvalue weighted by molar-refractivity contribution is -0.130. The van der Waals surface area contributed by atoms with Gasteiger partial charge < -0.3 is 14.7 Å². The molecule has 2 amide bonds. The average molecular weight is 479 g/mol. The second-order valence-corrected chi connectivity index (χ2v) is 9.55. The average Bonchev–Trinajstić information content (AvgIpc) is 2.99. The van der Waals surface area contributed by atoms with E-state index >= 15 is 0 Å². The molecule has 0 aliphatic carbocycles. The minimum atomic E-state index is -0.486. The number of hydrogen-bond acceptors (Lipinski definition) is 4. The van der Waals surface area contributed by atoms with Gasteiger partial charge in [0.1, 0.15) is 5.82 Å². The van der Waals surface area contributed by atoms with Gasteiger partial charge in [-0.1, -0.05) is 17.7 Å². The number of piperazine rings is 1. The fraction of sp³-hybridized carbons (Fsp3) is 0.600. The maximum atomic E-state index is 13.3. The summed E-state index contributed by atoms with van der Waals surface area (Å²) in [7, 11) is 0. The molecular weight excluding hydrogens is 443 g/mol. The maximum Gasteiger partial charge on any atom is 0.246 e. The van der Waals surface area contributed by atoms with Gasteiger partial charge in [-0.25, -0.2) is 4.39 Å². The van der Waals surface area contributed by atoms with E-state index in [1.54, 1.807) is 17.0 Å². The van der Waals surface area contributed by atoms with Gasteiger partial charge in [-0.15, -0.1) is 0 Å². The smallest absolute Gasteiger partial charge is 0.246 e. The number of carbonyl (C=O) groups excluding carboxylic acids is 2. The maximum absolute atomic E-state index is 13.3. The van der Waals surface area contributed by atoms with Crippen molar-refractivity contribution in [1.82, 2.24) is 19.6 Å². The third-order valence-electron chi connectivity index (χ3n) is 6.55. The van der Waals surface area contributed by atoms with E-state index in [-0.39, 0.29) is 16.8 Å². The Morgan fingerprint density at radius 1 is 1.06 bits per heavy atom. The van der Waals surface area contributed by atoms with E-state index in [9.17, 15) is 14.0 Å². The van der Waals surface area contributed by atoms with Crippen LogP contribution in [-0.2, 0) is 9.59 Å². The van der Waals surface area contributed by atoms with E-state index < -0.39 is 5.82 Å². The summed E-state index contributed by atoms with van der Waals surface area (Å²) in [5.74, 6) is -0.518. The van der Waals surface area contributed by atoms with Crippen molar-refractivity contribution in [3.8, 4) is 0 Å². The van der Waals surface area contributed by atoms with Crippen LogP contribution >= 0.6 is 11.6 Å². The van der Waals surface area contributed by atoms with Gasteiger partial charge in [-0.05, 0) is 57.0 Å². The van der Waals surface area contributed by atoms with Crippen LogP contribution < -0.4 is 0 Å². The minimum Gasteiger partial charge on any atom is -0.341 e. The molecule has 6 nitrogen and oxygen atoms in total. The van der Waals surface area contributed by atoms with Gasteiger partial charge in [0, 0.05) is 70.9 Å². The number of nitrogens with zero attached hydrogens (tertiary/aromatic N) is 4. The van der Waals surface area contributed by atoms with Crippen LogP contribution in [0.3, 0.4) is 0 Å². The van der Waals surface area contributed by atoms with E-state index in [1.165, 1.54) is 18.2 Å². The molecule has 8 heteroatoms. The van der Waals surface area contributed by atoms with Crippen molar-refractivity contribution >= 4 is 29.5 Å². The van der Waals surface area contributed by atoms with Crippen molar-refractivity contribution in [3.63, 3.8) is 0 Å². The Balaban J connectivity index is 1.39. The van der Waals surface area contributed by atoms with E-state index in [4.69, 9.17) is 11.6 Å². The van der Waals surface area contributed by atoms with Crippen LogP contribution in [0.25, 0.3) is 6.08 Å². The van der Waals surface area contributed by atoms with Crippen LogP contribution in [0, 0.1) is 5.82 Å². The largest absolute Gasteiger partial charge is 0.341 e. The van der Waals surface area contributed by atoms with Crippen LogP contribution in [0.2, 0.25) is 5.02 Å². The number of halogens is 2. The summed E-state index contributed by atoms with van der Waals surface area (Å²) in [6.45, 7) is 12.3. The fourth-order valence-corrected chi connectivity index (χ4v) is 4.54. The van der Waals surface area contributed by atoms with Gasteiger partial charge >= 0.3 is 0 Å². The van der Waals surface area contributed by atoms with Crippen LogP contribution in [0.1, 0.15) is 38.7 Å². The molecule has 0 aromatic heterocycles. The zero-order valence-electron chi connectivity index (χ0n) is 19.8. The Kier molecular flexibility index (Phi) is 9.71. The lowest BCUT2D eigenvalue weighted by atomic mass is 10.2. The van der Waals surface area contributed by atoms with Crippen molar-refractivity contribution in [3.05, 3.63) is 40.7 Å². The summed E-state index contributed by atoms with van der Waals surface area (Å²) in [5, 5.41) is 0.0263. The Labute approximate surface area is 201 Å². The normalized spacial score (nSPS) is 19.0. The van der Waals surface area contributed by atoms with Gasteiger partial charge in [-0.3, -0.25) is 14.5 Å². The SMILES string of the molecule is CC(C)N1CCN(CCCCN2CCN(C(=O)C=Cc3ccc(F)c(Cl)c3)CCC2=O)CC1. The first-order valence-electron chi connectivity index (χ1n) is 12.0. The van der Waals surface area contributed by atoms with E-state index in [1.807, 2.05) is 4.90 Å². The van der Waals surface area contributed by atoms with E-state index in [0.717, 1.165) is 52.1 Å². The Bertz CT molecular complexity index is 840. The summed E-state index contributed by atoms with van der Waals surface area (Å²) in [6.07, 6.45) is 5.49. The molecule has 0 spiro atoms. The zero-order valence-corrected chi connectivity index (χ0v) is 20.6. The molecule has 0 bridgehead atoms. The van der Waals surface area contributed by atoms with Gasteiger partial charge in [-0.2, -0.15) is 0 Å². The molecule has 2 aliphatic rings. The highest BCUT2D eigenvalue weighted by molar-refractivity contribution is 6.30. The second kappa shape index (κ2) is 12.5. The lowest BCUT2D eigenvalue weighted by Crippen LogP contribution is -2.49. The molecule has 2 heterocycles. The highest BCUT2D eigenvalue weighted by atomic mass is 35.5. The number of hydrogen-bond donors (Lipinski definition) is 0. The molecular formula is C25H36ClFN4O2. The molecule has 1 aromatic carbocycles. The first-order valence-corrected chi connectivity index (χ1v) is 12.4. The van der Waals surface area contributed by atoms with Crippen molar-refractivity contribution < 1.29 is 14.0 Å². The molecule has 0 saturated carbocycles. The summed E-state index contributed by atoms with van der Waals surface area (Å²) in [4.78, 5) is 33.7. The van der Waals surface area contributed by atoms with Gasteiger partial charge in [0.15, 0.2) is 0 Å². The van der Waals surface area contributed by atoms with Crippen LogP contribution in [-0.4, -0.2) is 96.4 Å². The predicted octanol–water partition coefficient (Wildman–Crippen LogP) is 3.36. The quantitative estimate of drug-likeness (QED) is 0.424. The topological polar surface area (TPSA) is 47.1 Å². The Morgan fingerprint density at radius 3 is 2.48 bits per heavy atom. The second-order valence-electron chi connectivity index (χ2n) is 9.14. The molecule has 0 N–H and O–H groups in total. The number of benzene rings is 1. The van der Waals surface area contributed by atoms with Crippen molar-refractivity contribution in [1.29, 1.82) is 0 Å². The van der Waals surface area contributed by atoms with Crippen LogP contribution in [0.5, 0.6) is 0 Å². The standard InChI is InChI=1S/C25H36ClFN4O2/c1-20(2)29-15-13-28(14-16-29)10-3-4-11-30-17-18-31(12-9-25(30)33)24(32)8-6-21-5-7-23(27)22(26)19-21/h5-8,19-20H,3-4,9-18H2,1-2H3. The van der Waals surface area contributed by atoms with Crippen LogP contribution in [0.15, 0.2) is 24.3 Å². The molecule has 0 unspecified atom stereocenters. The van der Waals surface area contributed by atoms with Crippen molar-refractivity contribution in [2.24, 2.45) is 0 Å². The molecule has 0 radical (unpaired) electrons. The van der Waals surface area contributed by atoms with Gasteiger partial charge in [0.2, 0.25) is 11.8 Å². The van der Waals surface area contributed by atoms with Crippen LogP contribution in [0.4, 0.5) is 4.39 Å². The highest BCUT2D eigenvalue weighted by Crippen LogP contribution is 2.17. The third-order valence-corrected chi connectivity index (χ3v) is 6.84. The van der Waals surface area contributed by atoms with Crippen molar-refractivity contribution in [2.75, 3.05) is 58.9 Å². The molecule has 1 aromatic rings. The number of unbranched alkanes of at least 4 members (excludes halogenated alkanes) is 1. The molecule has 3 rings (SSSR count). The summed E-state index contributed by atoms with van der Waals surface area (Å²) >= 11 is 5.79. The molecule has 182 valence electrons. The molecule has 2 aliphatic heterocycles. The summed E-state index contributed by atoms with van der Waals surface area (Å²) in [5.41, 5.74) is 0.660. The fourth-order valence-electron chi connectivity index (χ4n) is 4.35. The van der Waals surface area contributed by atoms with E-state index in [2.05, 4.69) is 23.6 Å². The first-order chi connectivity index (χ1) is 15.8. The van der Waals surface area contributed by atoms with Gasteiger partial charge in [0.05, 0.1) is 5.02 Å². The Morgan fingerprint density at radius 2 is 1.79 bits per heavy atom. The zero-order chi connectivity index (χ0) is 23.8. The third kappa shape index (κ3) is 7.80. The highest BCUT2D eigenvalue weighted by Gasteiger charge is 2.23. The molecule has 33 heavy (non-hydrogen) atoms. The molecule has 2 saturated heterocycles. The van der Waals surface area contributed by atoms with Gasteiger partial charge in [0.25, 0.3) is 0 Å². The monoisotopic (exact) mass is 478 g/mol. The number of rotatable bonds is 8. The lowest BCUT2D eigenvalue weighted by Gasteiger charge is -2.37. The Hall–Kier alpha value is -1.96. The molecule has 2 fully saturated rings. The summed E-state index contributed by atoms with van der Waals surface area (Å²) < 4.78 is 13.3. The minimum absolute atomic E-state index is 0.0263. The van der Waals surface area contributed by atoms with Crippen molar-refractivity contribution in [2.45, 2.75) is 39.2 Å².